The number of hydrogen-bond acceptors (Lipinski definition) is 6. The Morgan fingerprint density at radius 1 is 1.00 bits per heavy atom. The Morgan fingerprint density at radius 2 is 1.76 bits per heavy atom. The Bertz CT molecular complexity index is 1300. The molecule has 2 aromatic carbocycles. The third-order valence-electron chi connectivity index (χ3n) is 5.09. The van der Waals surface area contributed by atoms with Gasteiger partial charge in [0.15, 0.2) is 5.43 Å². The highest BCUT2D eigenvalue weighted by Gasteiger charge is 2.33. The number of benzene rings is 2. The number of carbonyl (C=O) groups is 1. The van der Waals surface area contributed by atoms with Gasteiger partial charge in [0.1, 0.15) is 28.2 Å². The highest BCUT2D eigenvalue weighted by atomic mass is 16.5. The molecule has 3 heterocycles. The smallest absolute Gasteiger partial charge is 0.312 e. The van der Waals surface area contributed by atoms with Gasteiger partial charge in [0.2, 0.25) is 0 Å². The monoisotopic (exact) mass is 385 g/mol. The van der Waals surface area contributed by atoms with Crippen LogP contribution in [0.2, 0.25) is 0 Å². The predicted molar refractivity (Wildman–Crippen MR) is 106 cm³/mol. The summed E-state index contributed by atoms with van der Waals surface area (Å²) < 4.78 is 11.5. The number of aromatic hydroxyl groups is 1. The Balaban J connectivity index is 1.85. The minimum Gasteiger partial charge on any atom is -0.507 e. The van der Waals surface area contributed by atoms with E-state index in [-0.39, 0.29) is 40.2 Å². The summed E-state index contributed by atoms with van der Waals surface area (Å²) in [5.41, 5.74) is 2.00. The normalized spacial score (nSPS) is 15.7. The molecule has 142 valence electrons. The van der Waals surface area contributed by atoms with Crippen LogP contribution >= 0.6 is 0 Å². The van der Waals surface area contributed by atoms with E-state index >= 15 is 0 Å². The fraction of sp³-hybridized carbons (Fsp3) is 0.0870. The maximum absolute atomic E-state index is 12.8. The van der Waals surface area contributed by atoms with Crippen LogP contribution in [0.25, 0.3) is 22.3 Å². The minimum absolute atomic E-state index is 0.0698. The number of phenolic OH excluding ortho intramolecular Hbond substituents is 1. The Morgan fingerprint density at radius 3 is 2.52 bits per heavy atom. The molecule has 0 aliphatic carbocycles. The van der Waals surface area contributed by atoms with Crippen molar-refractivity contribution in [3.8, 4) is 22.8 Å². The summed E-state index contributed by atoms with van der Waals surface area (Å²) >= 11 is 0. The van der Waals surface area contributed by atoms with Gasteiger partial charge in [-0.2, -0.15) is 0 Å². The zero-order chi connectivity index (χ0) is 20.0. The predicted octanol–water partition coefficient (Wildman–Crippen LogP) is 4.00. The van der Waals surface area contributed by atoms with Gasteiger partial charge in [0, 0.05) is 41.6 Å². The third-order valence-corrected chi connectivity index (χ3v) is 5.09. The topological polar surface area (TPSA) is 89.6 Å². The molecule has 0 fully saturated rings. The number of ether oxygens (including phenoxy) is 1. The van der Waals surface area contributed by atoms with Crippen LogP contribution in [0.3, 0.4) is 0 Å². The van der Waals surface area contributed by atoms with E-state index in [4.69, 9.17) is 9.15 Å². The zero-order valence-electron chi connectivity index (χ0n) is 15.2. The molecule has 1 aliphatic rings. The summed E-state index contributed by atoms with van der Waals surface area (Å²) in [7, 11) is 0. The number of fused-ring (bicyclic) bond motifs is 3. The lowest BCUT2D eigenvalue weighted by molar-refractivity contribution is -0.135. The average molecular weight is 385 g/mol. The molecule has 0 spiro atoms. The van der Waals surface area contributed by atoms with E-state index in [1.54, 1.807) is 12.4 Å². The zero-order valence-corrected chi connectivity index (χ0v) is 15.2. The number of pyridine rings is 1. The van der Waals surface area contributed by atoms with Gasteiger partial charge in [-0.25, -0.2) is 0 Å². The first-order valence-electron chi connectivity index (χ1n) is 9.11. The Kier molecular flexibility index (Phi) is 3.91. The van der Waals surface area contributed by atoms with Crippen LogP contribution in [0.1, 0.15) is 23.5 Å². The summed E-state index contributed by atoms with van der Waals surface area (Å²) in [5, 5.41) is 10.5. The fourth-order valence-corrected chi connectivity index (χ4v) is 3.78. The van der Waals surface area contributed by atoms with Gasteiger partial charge in [-0.05, 0) is 17.7 Å². The molecule has 1 aliphatic heterocycles. The SMILES string of the molecule is O=C1C[C@@H](c2ccncc2)c2c(cc(O)c3c(=O)cc(-c4ccccc4)oc23)O1. The number of nitrogens with zero attached hydrogens (tertiary/aromatic N) is 1. The number of carbonyl (C=O) groups excluding carboxylic acids is 1. The van der Waals surface area contributed by atoms with Crippen LogP contribution in [-0.2, 0) is 4.79 Å². The fourth-order valence-electron chi connectivity index (χ4n) is 3.78. The number of hydrogen-bond donors (Lipinski definition) is 1. The number of aromatic nitrogens is 1. The van der Waals surface area contributed by atoms with E-state index in [9.17, 15) is 14.7 Å². The average Bonchev–Trinajstić information content (AvgIpc) is 2.73. The van der Waals surface area contributed by atoms with Gasteiger partial charge < -0.3 is 14.3 Å². The van der Waals surface area contributed by atoms with Crippen molar-refractivity contribution >= 4 is 16.9 Å². The molecule has 4 aromatic rings. The maximum atomic E-state index is 12.8. The van der Waals surface area contributed by atoms with Crippen LogP contribution in [0.15, 0.2) is 76.2 Å². The molecule has 0 unspecified atom stereocenters. The molecule has 0 saturated carbocycles. The van der Waals surface area contributed by atoms with E-state index in [1.165, 1.54) is 12.1 Å². The van der Waals surface area contributed by atoms with Crippen molar-refractivity contribution in [3.63, 3.8) is 0 Å². The Hall–Kier alpha value is -3.93. The van der Waals surface area contributed by atoms with Crippen LogP contribution in [0.5, 0.6) is 11.5 Å². The number of esters is 1. The molecular formula is C23H15NO5. The lowest BCUT2D eigenvalue weighted by Gasteiger charge is -2.25. The standard InChI is InChI=1S/C23H15NO5/c25-16-11-18(14-4-2-1-3-5-14)29-23-21-15(13-6-8-24-9-7-13)10-20(27)28-19(21)12-17(26)22(16)23/h1-9,11-12,15,26H,10H2/t15-/m0/s1. The number of rotatable bonds is 2. The highest BCUT2D eigenvalue weighted by molar-refractivity contribution is 5.93. The molecule has 0 bridgehead atoms. The lowest BCUT2D eigenvalue weighted by atomic mass is 9.85. The maximum Gasteiger partial charge on any atom is 0.312 e. The van der Waals surface area contributed by atoms with Crippen LogP contribution in [-0.4, -0.2) is 16.1 Å². The van der Waals surface area contributed by atoms with Crippen LogP contribution in [0.4, 0.5) is 0 Å². The van der Waals surface area contributed by atoms with Crippen molar-refractivity contribution in [1.82, 2.24) is 4.98 Å². The van der Waals surface area contributed by atoms with E-state index in [1.807, 2.05) is 42.5 Å². The molecule has 0 amide bonds. The van der Waals surface area contributed by atoms with Gasteiger partial charge in [-0.1, -0.05) is 30.3 Å². The van der Waals surface area contributed by atoms with Gasteiger partial charge in [-0.15, -0.1) is 0 Å². The molecule has 6 heteroatoms. The summed E-state index contributed by atoms with van der Waals surface area (Å²) in [6.07, 6.45) is 3.38. The second kappa shape index (κ2) is 6.60. The van der Waals surface area contributed by atoms with E-state index in [0.29, 0.717) is 11.3 Å². The molecule has 5 rings (SSSR count). The van der Waals surface area contributed by atoms with Gasteiger partial charge >= 0.3 is 5.97 Å². The second-order valence-electron chi connectivity index (χ2n) is 6.86. The molecule has 6 nitrogen and oxygen atoms in total. The van der Waals surface area contributed by atoms with E-state index in [2.05, 4.69) is 4.98 Å². The van der Waals surface area contributed by atoms with Gasteiger partial charge in [0.05, 0.1) is 6.42 Å². The molecular weight excluding hydrogens is 370 g/mol. The molecule has 0 radical (unpaired) electrons. The largest absolute Gasteiger partial charge is 0.507 e. The summed E-state index contributed by atoms with van der Waals surface area (Å²) in [6.45, 7) is 0. The Labute approximate surface area is 165 Å². The highest BCUT2D eigenvalue weighted by Crippen LogP contribution is 2.45. The van der Waals surface area contributed by atoms with Crippen LogP contribution < -0.4 is 10.2 Å². The minimum atomic E-state index is -0.417. The molecule has 0 saturated heterocycles. The van der Waals surface area contributed by atoms with E-state index < -0.39 is 5.97 Å². The first-order valence-corrected chi connectivity index (χ1v) is 9.11. The summed E-state index contributed by atoms with van der Waals surface area (Å²) in [5.74, 6) is -0.510. The second-order valence-corrected chi connectivity index (χ2v) is 6.86. The summed E-state index contributed by atoms with van der Waals surface area (Å²) in [4.78, 5) is 29.1. The summed E-state index contributed by atoms with van der Waals surface area (Å²) in [6, 6.07) is 15.5. The van der Waals surface area contributed by atoms with Crippen molar-refractivity contribution in [1.29, 1.82) is 0 Å². The third kappa shape index (κ3) is 2.86. The van der Waals surface area contributed by atoms with Gasteiger partial charge in [-0.3, -0.25) is 14.6 Å². The first-order chi connectivity index (χ1) is 14.1. The van der Waals surface area contributed by atoms with Gasteiger partial charge in [0.25, 0.3) is 0 Å². The molecule has 1 N–H and O–H groups in total. The molecule has 29 heavy (non-hydrogen) atoms. The molecule has 2 aromatic heterocycles. The van der Waals surface area contributed by atoms with Crippen molar-refractivity contribution in [2.75, 3.05) is 0 Å². The number of phenols is 1. The van der Waals surface area contributed by atoms with E-state index in [0.717, 1.165) is 11.1 Å². The van der Waals surface area contributed by atoms with Crippen molar-refractivity contribution in [2.45, 2.75) is 12.3 Å². The quantitative estimate of drug-likeness (QED) is 0.414. The lowest BCUT2D eigenvalue weighted by Crippen LogP contribution is -2.22. The van der Waals surface area contributed by atoms with Crippen molar-refractivity contribution < 1.29 is 19.1 Å². The van der Waals surface area contributed by atoms with Crippen LogP contribution in [0, 0.1) is 0 Å². The van der Waals surface area contributed by atoms with Crippen molar-refractivity contribution in [2.24, 2.45) is 0 Å². The molecule has 1 atom stereocenters. The van der Waals surface area contributed by atoms with Crippen molar-refractivity contribution in [3.05, 3.63) is 88.3 Å². The first kappa shape index (κ1) is 17.2.